The van der Waals surface area contributed by atoms with Crippen LogP contribution in [0.4, 0.5) is 0 Å². The second-order valence-electron chi connectivity index (χ2n) is 3.36. The van der Waals surface area contributed by atoms with Crippen LogP contribution in [0.2, 0.25) is 0 Å². The molecule has 0 aliphatic heterocycles. The molecule has 0 amide bonds. The van der Waals surface area contributed by atoms with Crippen molar-refractivity contribution in [1.82, 2.24) is 0 Å². The highest BCUT2D eigenvalue weighted by molar-refractivity contribution is 5.97. The number of hydrogen-bond acceptors (Lipinski definition) is 2. The standard InChI is InChI=1S/C12H16O2/c1-4-14-8-12(13)11-6-5-9(2)10(3)7-11/h5-7H,4,8H2,1-3H3. The summed E-state index contributed by atoms with van der Waals surface area (Å²) in [5, 5.41) is 0. The average Bonchev–Trinajstić information content (AvgIpc) is 2.18. The largest absolute Gasteiger partial charge is 0.374 e. The molecule has 0 aliphatic rings. The normalized spacial score (nSPS) is 10.2. The van der Waals surface area contributed by atoms with Gasteiger partial charge in [0.05, 0.1) is 0 Å². The van der Waals surface area contributed by atoms with Gasteiger partial charge in [0, 0.05) is 12.2 Å². The Labute approximate surface area is 84.9 Å². The molecule has 1 aromatic carbocycles. The van der Waals surface area contributed by atoms with Crippen LogP contribution < -0.4 is 0 Å². The molecule has 2 nitrogen and oxygen atoms in total. The summed E-state index contributed by atoms with van der Waals surface area (Å²) in [5.74, 6) is 0.0509. The fourth-order valence-corrected chi connectivity index (χ4v) is 1.19. The SMILES string of the molecule is CCOCC(=O)c1ccc(C)c(C)c1. The van der Waals surface area contributed by atoms with Gasteiger partial charge in [0.15, 0.2) is 5.78 Å². The first-order valence-electron chi connectivity index (χ1n) is 4.83. The van der Waals surface area contributed by atoms with Crippen molar-refractivity contribution in [3.63, 3.8) is 0 Å². The number of rotatable bonds is 4. The van der Waals surface area contributed by atoms with Gasteiger partial charge in [0.2, 0.25) is 0 Å². The smallest absolute Gasteiger partial charge is 0.188 e. The first-order chi connectivity index (χ1) is 6.65. The molecule has 0 radical (unpaired) electrons. The minimum Gasteiger partial charge on any atom is -0.374 e. The monoisotopic (exact) mass is 192 g/mol. The first kappa shape index (κ1) is 10.9. The van der Waals surface area contributed by atoms with Crippen molar-refractivity contribution in [3.05, 3.63) is 34.9 Å². The highest BCUT2D eigenvalue weighted by Gasteiger charge is 2.05. The van der Waals surface area contributed by atoms with Crippen LogP contribution in [-0.4, -0.2) is 19.0 Å². The Morgan fingerprint density at radius 1 is 1.29 bits per heavy atom. The van der Waals surface area contributed by atoms with Crippen LogP contribution in [0.5, 0.6) is 0 Å². The lowest BCUT2D eigenvalue weighted by Gasteiger charge is -2.04. The lowest BCUT2D eigenvalue weighted by Crippen LogP contribution is -2.09. The van der Waals surface area contributed by atoms with E-state index in [2.05, 4.69) is 0 Å². The van der Waals surface area contributed by atoms with Gasteiger partial charge in [-0.05, 0) is 38.0 Å². The lowest BCUT2D eigenvalue weighted by atomic mass is 10.0. The second kappa shape index (κ2) is 4.91. The number of benzene rings is 1. The van der Waals surface area contributed by atoms with Gasteiger partial charge in [-0.1, -0.05) is 12.1 Å². The minimum atomic E-state index is 0.0509. The zero-order valence-corrected chi connectivity index (χ0v) is 8.96. The Morgan fingerprint density at radius 3 is 2.57 bits per heavy atom. The molecule has 0 aliphatic carbocycles. The van der Waals surface area contributed by atoms with Crippen LogP contribution in [0.15, 0.2) is 18.2 Å². The third-order valence-electron chi connectivity index (χ3n) is 2.27. The highest BCUT2D eigenvalue weighted by Crippen LogP contribution is 2.10. The van der Waals surface area contributed by atoms with Crippen molar-refractivity contribution in [2.45, 2.75) is 20.8 Å². The summed E-state index contributed by atoms with van der Waals surface area (Å²) in [6.07, 6.45) is 0. The molecule has 0 spiro atoms. The number of hydrogen-bond donors (Lipinski definition) is 0. The molecular weight excluding hydrogens is 176 g/mol. The Kier molecular flexibility index (Phi) is 3.84. The molecule has 0 saturated carbocycles. The Balaban J connectivity index is 2.76. The quantitative estimate of drug-likeness (QED) is 0.685. The molecular formula is C12H16O2. The van der Waals surface area contributed by atoms with E-state index in [1.54, 1.807) is 0 Å². The summed E-state index contributed by atoms with van der Waals surface area (Å²) < 4.78 is 5.07. The van der Waals surface area contributed by atoms with Gasteiger partial charge in [-0.2, -0.15) is 0 Å². The summed E-state index contributed by atoms with van der Waals surface area (Å²) >= 11 is 0. The molecule has 0 bridgehead atoms. The molecule has 76 valence electrons. The van der Waals surface area contributed by atoms with E-state index in [0.717, 1.165) is 11.1 Å². The fraction of sp³-hybridized carbons (Fsp3) is 0.417. The topological polar surface area (TPSA) is 26.3 Å². The summed E-state index contributed by atoms with van der Waals surface area (Å²) in [4.78, 5) is 11.5. The van der Waals surface area contributed by atoms with Gasteiger partial charge >= 0.3 is 0 Å². The predicted molar refractivity (Wildman–Crippen MR) is 56.7 cm³/mol. The van der Waals surface area contributed by atoms with E-state index in [-0.39, 0.29) is 12.4 Å². The second-order valence-corrected chi connectivity index (χ2v) is 3.36. The maximum atomic E-state index is 11.5. The highest BCUT2D eigenvalue weighted by atomic mass is 16.5. The summed E-state index contributed by atoms with van der Waals surface area (Å²) in [6, 6.07) is 5.73. The van der Waals surface area contributed by atoms with E-state index in [4.69, 9.17) is 4.74 Å². The van der Waals surface area contributed by atoms with Crippen molar-refractivity contribution in [2.24, 2.45) is 0 Å². The van der Waals surface area contributed by atoms with Crippen molar-refractivity contribution in [2.75, 3.05) is 13.2 Å². The van der Waals surface area contributed by atoms with E-state index < -0.39 is 0 Å². The molecule has 0 fully saturated rings. The number of ether oxygens (including phenoxy) is 1. The summed E-state index contributed by atoms with van der Waals surface area (Å²) in [6.45, 7) is 6.68. The van der Waals surface area contributed by atoms with Gasteiger partial charge in [0.25, 0.3) is 0 Å². The lowest BCUT2D eigenvalue weighted by molar-refractivity contribution is 0.0783. The average molecular weight is 192 g/mol. The van der Waals surface area contributed by atoms with Crippen molar-refractivity contribution >= 4 is 5.78 Å². The fourth-order valence-electron chi connectivity index (χ4n) is 1.19. The van der Waals surface area contributed by atoms with Crippen LogP contribution in [0.3, 0.4) is 0 Å². The van der Waals surface area contributed by atoms with E-state index in [1.165, 1.54) is 5.56 Å². The number of carbonyl (C=O) groups excluding carboxylic acids is 1. The van der Waals surface area contributed by atoms with Crippen LogP contribution in [-0.2, 0) is 4.74 Å². The van der Waals surface area contributed by atoms with Gasteiger partial charge in [-0.3, -0.25) is 4.79 Å². The van der Waals surface area contributed by atoms with Gasteiger partial charge in [0.1, 0.15) is 6.61 Å². The molecule has 0 heterocycles. The third kappa shape index (κ3) is 2.67. The zero-order chi connectivity index (χ0) is 10.6. The van der Waals surface area contributed by atoms with Crippen molar-refractivity contribution in [3.8, 4) is 0 Å². The molecule has 0 saturated heterocycles. The number of carbonyl (C=O) groups is 1. The number of Topliss-reactive ketones (excluding diaryl/α,β-unsaturated/α-hetero) is 1. The Hall–Kier alpha value is -1.15. The Bertz CT molecular complexity index is 329. The van der Waals surface area contributed by atoms with E-state index in [0.29, 0.717) is 6.61 Å². The molecule has 1 aromatic rings. The van der Waals surface area contributed by atoms with Gasteiger partial charge < -0.3 is 4.74 Å². The first-order valence-corrected chi connectivity index (χ1v) is 4.83. The summed E-state index contributed by atoms with van der Waals surface area (Å²) in [7, 11) is 0. The molecule has 2 heteroatoms. The van der Waals surface area contributed by atoms with Crippen LogP contribution in [0.25, 0.3) is 0 Å². The van der Waals surface area contributed by atoms with Crippen LogP contribution >= 0.6 is 0 Å². The Morgan fingerprint density at radius 2 is 2.00 bits per heavy atom. The molecule has 1 rings (SSSR count). The van der Waals surface area contributed by atoms with Crippen molar-refractivity contribution < 1.29 is 9.53 Å². The van der Waals surface area contributed by atoms with E-state index in [9.17, 15) is 4.79 Å². The maximum absolute atomic E-state index is 11.5. The molecule has 0 N–H and O–H groups in total. The van der Waals surface area contributed by atoms with E-state index >= 15 is 0 Å². The summed E-state index contributed by atoms with van der Waals surface area (Å²) in [5.41, 5.74) is 3.09. The van der Waals surface area contributed by atoms with Crippen LogP contribution in [0.1, 0.15) is 28.4 Å². The number of aryl methyl sites for hydroxylation is 2. The van der Waals surface area contributed by atoms with Gasteiger partial charge in [-0.25, -0.2) is 0 Å². The molecule has 0 atom stereocenters. The molecule has 0 unspecified atom stereocenters. The predicted octanol–water partition coefficient (Wildman–Crippen LogP) is 2.52. The van der Waals surface area contributed by atoms with E-state index in [1.807, 2.05) is 39.0 Å². The molecule has 14 heavy (non-hydrogen) atoms. The number of ketones is 1. The van der Waals surface area contributed by atoms with Crippen LogP contribution in [0, 0.1) is 13.8 Å². The van der Waals surface area contributed by atoms with Crippen molar-refractivity contribution in [1.29, 1.82) is 0 Å². The zero-order valence-electron chi connectivity index (χ0n) is 8.96. The maximum Gasteiger partial charge on any atom is 0.188 e. The minimum absolute atomic E-state index is 0.0509. The van der Waals surface area contributed by atoms with Gasteiger partial charge in [-0.15, -0.1) is 0 Å². The molecule has 0 aromatic heterocycles. The third-order valence-corrected chi connectivity index (χ3v) is 2.27.